The SMILES string of the molecule is Nc1ccc(C(=O)N2CCC(Nc3ncc4ccccc4n3)C2)cc1Cl. The fraction of sp³-hybridized carbons (Fsp3) is 0.211. The first kappa shape index (κ1) is 16.6. The Balaban J connectivity index is 1.44. The molecule has 7 heteroatoms. The number of carbonyl (C=O) groups is 1. The van der Waals surface area contributed by atoms with Crippen LogP contribution in [0.15, 0.2) is 48.7 Å². The molecule has 3 N–H and O–H groups in total. The number of carbonyl (C=O) groups excluding carboxylic acids is 1. The van der Waals surface area contributed by atoms with Crippen molar-refractivity contribution in [1.82, 2.24) is 14.9 Å². The van der Waals surface area contributed by atoms with Gasteiger partial charge in [-0.3, -0.25) is 4.79 Å². The third kappa shape index (κ3) is 3.28. The maximum Gasteiger partial charge on any atom is 0.253 e. The van der Waals surface area contributed by atoms with Gasteiger partial charge < -0.3 is 16.0 Å². The molecule has 1 saturated heterocycles. The molecule has 2 heterocycles. The number of anilines is 2. The highest BCUT2D eigenvalue weighted by molar-refractivity contribution is 6.33. The highest BCUT2D eigenvalue weighted by atomic mass is 35.5. The van der Waals surface area contributed by atoms with Crippen molar-refractivity contribution in [1.29, 1.82) is 0 Å². The lowest BCUT2D eigenvalue weighted by molar-refractivity contribution is 0.0791. The molecule has 0 radical (unpaired) electrons. The molecule has 0 spiro atoms. The van der Waals surface area contributed by atoms with Gasteiger partial charge in [0.25, 0.3) is 5.91 Å². The lowest BCUT2D eigenvalue weighted by atomic mass is 10.2. The Morgan fingerprint density at radius 2 is 2.12 bits per heavy atom. The predicted molar refractivity (Wildman–Crippen MR) is 103 cm³/mol. The van der Waals surface area contributed by atoms with Gasteiger partial charge in [0, 0.05) is 36.3 Å². The number of nitrogens with zero attached hydrogens (tertiary/aromatic N) is 3. The molecular formula is C19H18ClN5O. The number of halogens is 1. The van der Waals surface area contributed by atoms with Crippen LogP contribution in [0.3, 0.4) is 0 Å². The van der Waals surface area contributed by atoms with Crippen LogP contribution >= 0.6 is 11.6 Å². The lowest BCUT2D eigenvalue weighted by Crippen LogP contribution is -2.31. The molecule has 26 heavy (non-hydrogen) atoms. The molecule has 1 fully saturated rings. The molecule has 132 valence electrons. The normalized spacial score (nSPS) is 16.8. The Morgan fingerprint density at radius 1 is 1.27 bits per heavy atom. The quantitative estimate of drug-likeness (QED) is 0.694. The zero-order valence-corrected chi connectivity index (χ0v) is 14.8. The van der Waals surface area contributed by atoms with Crippen LogP contribution < -0.4 is 11.1 Å². The van der Waals surface area contributed by atoms with Crippen molar-refractivity contribution in [3.63, 3.8) is 0 Å². The molecule has 1 aromatic heterocycles. The smallest absolute Gasteiger partial charge is 0.253 e. The van der Waals surface area contributed by atoms with E-state index < -0.39 is 0 Å². The first-order chi connectivity index (χ1) is 12.6. The van der Waals surface area contributed by atoms with E-state index in [2.05, 4.69) is 15.3 Å². The molecular weight excluding hydrogens is 350 g/mol. The Bertz CT molecular complexity index is 977. The van der Waals surface area contributed by atoms with Gasteiger partial charge in [-0.15, -0.1) is 0 Å². The summed E-state index contributed by atoms with van der Waals surface area (Å²) < 4.78 is 0. The fourth-order valence-corrected chi connectivity index (χ4v) is 3.31. The molecule has 1 aliphatic heterocycles. The number of fused-ring (bicyclic) bond motifs is 1. The summed E-state index contributed by atoms with van der Waals surface area (Å²) in [6.45, 7) is 1.27. The van der Waals surface area contributed by atoms with Crippen LogP contribution in [0.4, 0.5) is 11.6 Å². The second-order valence-electron chi connectivity index (χ2n) is 6.37. The van der Waals surface area contributed by atoms with Gasteiger partial charge in [-0.2, -0.15) is 0 Å². The van der Waals surface area contributed by atoms with Crippen LogP contribution in [0.5, 0.6) is 0 Å². The van der Waals surface area contributed by atoms with Gasteiger partial charge in [-0.1, -0.05) is 29.8 Å². The van der Waals surface area contributed by atoms with Crippen molar-refractivity contribution in [2.45, 2.75) is 12.5 Å². The monoisotopic (exact) mass is 367 g/mol. The number of aromatic nitrogens is 2. The molecule has 0 saturated carbocycles. The van der Waals surface area contributed by atoms with Crippen molar-refractivity contribution in [3.8, 4) is 0 Å². The minimum absolute atomic E-state index is 0.0457. The average molecular weight is 368 g/mol. The van der Waals surface area contributed by atoms with Crippen LogP contribution in [-0.2, 0) is 0 Å². The molecule has 2 aromatic carbocycles. The van der Waals surface area contributed by atoms with E-state index in [1.54, 1.807) is 29.3 Å². The average Bonchev–Trinajstić information content (AvgIpc) is 3.12. The summed E-state index contributed by atoms with van der Waals surface area (Å²) in [4.78, 5) is 23.4. The standard InChI is InChI=1S/C19H18ClN5O/c20-15-9-12(5-6-16(15)21)18(26)25-8-7-14(11-25)23-19-22-10-13-3-1-2-4-17(13)24-19/h1-6,9-10,14H,7-8,11,21H2,(H,22,23,24). The second kappa shape index (κ2) is 6.80. The molecule has 3 aromatic rings. The van der Waals surface area contributed by atoms with E-state index in [1.807, 2.05) is 24.3 Å². The summed E-state index contributed by atoms with van der Waals surface area (Å²) in [6, 6.07) is 12.9. The number of nitrogens with two attached hydrogens (primary N) is 1. The Kier molecular flexibility index (Phi) is 4.34. The van der Waals surface area contributed by atoms with Gasteiger partial charge in [0.2, 0.25) is 5.95 Å². The Hall–Kier alpha value is -2.86. The topological polar surface area (TPSA) is 84.1 Å². The van der Waals surface area contributed by atoms with Gasteiger partial charge in [-0.05, 0) is 30.7 Å². The zero-order chi connectivity index (χ0) is 18.1. The summed E-state index contributed by atoms with van der Waals surface area (Å²) in [5.41, 5.74) is 7.62. The maximum atomic E-state index is 12.7. The molecule has 4 rings (SSSR count). The van der Waals surface area contributed by atoms with Crippen LogP contribution in [0.2, 0.25) is 5.02 Å². The number of hydrogen-bond acceptors (Lipinski definition) is 5. The molecule has 0 aliphatic carbocycles. The van der Waals surface area contributed by atoms with Gasteiger partial charge in [-0.25, -0.2) is 9.97 Å². The van der Waals surface area contributed by atoms with Crippen molar-refractivity contribution in [2.24, 2.45) is 0 Å². The van der Waals surface area contributed by atoms with Gasteiger partial charge in [0.1, 0.15) is 0 Å². The number of likely N-dealkylation sites (tertiary alicyclic amines) is 1. The maximum absolute atomic E-state index is 12.7. The van der Waals surface area contributed by atoms with E-state index in [0.29, 0.717) is 35.3 Å². The largest absolute Gasteiger partial charge is 0.398 e. The Labute approximate surface area is 156 Å². The van der Waals surface area contributed by atoms with Gasteiger partial charge in [0.15, 0.2) is 0 Å². The third-order valence-corrected chi connectivity index (χ3v) is 4.87. The number of hydrogen-bond donors (Lipinski definition) is 2. The van der Waals surface area contributed by atoms with E-state index in [4.69, 9.17) is 17.3 Å². The van der Waals surface area contributed by atoms with E-state index in [-0.39, 0.29) is 11.9 Å². The van der Waals surface area contributed by atoms with Gasteiger partial charge in [0.05, 0.1) is 16.2 Å². The minimum Gasteiger partial charge on any atom is -0.398 e. The number of nitrogen functional groups attached to an aromatic ring is 1. The van der Waals surface area contributed by atoms with Crippen molar-refractivity contribution in [2.75, 3.05) is 24.1 Å². The molecule has 1 unspecified atom stereocenters. The summed E-state index contributed by atoms with van der Waals surface area (Å²) in [5.74, 6) is 0.536. The highest BCUT2D eigenvalue weighted by Crippen LogP contribution is 2.23. The van der Waals surface area contributed by atoms with Crippen molar-refractivity contribution < 1.29 is 4.79 Å². The molecule has 1 aliphatic rings. The van der Waals surface area contributed by atoms with Crippen LogP contribution in [0.25, 0.3) is 10.9 Å². The summed E-state index contributed by atoms with van der Waals surface area (Å²) in [6.07, 6.45) is 2.64. The molecule has 1 amide bonds. The summed E-state index contributed by atoms with van der Waals surface area (Å²) in [5, 5.41) is 4.73. The lowest BCUT2D eigenvalue weighted by Gasteiger charge is -2.17. The van der Waals surface area contributed by atoms with E-state index in [9.17, 15) is 4.79 Å². The van der Waals surface area contributed by atoms with Crippen LogP contribution in [-0.4, -0.2) is 39.9 Å². The fourth-order valence-electron chi connectivity index (χ4n) is 3.13. The molecule has 1 atom stereocenters. The highest BCUT2D eigenvalue weighted by Gasteiger charge is 2.27. The minimum atomic E-state index is -0.0457. The van der Waals surface area contributed by atoms with Crippen LogP contribution in [0, 0.1) is 0 Å². The predicted octanol–water partition coefficient (Wildman–Crippen LogP) is 3.19. The van der Waals surface area contributed by atoms with E-state index in [1.165, 1.54) is 0 Å². The number of amides is 1. The van der Waals surface area contributed by atoms with E-state index >= 15 is 0 Å². The summed E-state index contributed by atoms with van der Waals surface area (Å²) in [7, 11) is 0. The molecule has 0 bridgehead atoms. The first-order valence-corrected chi connectivity index (χ1v) is 8.80. The van der Waals surface area contributed by atoms with E-state index in [0.717, 1.165) is 17.3 Å². The number of para-hydroxylation sites is 1. The zero-order valence-electron chi connectivity index (χ0n) is 14.0. The molecule has 6 nitrogen and oxygen atoms in total. The number of rotatable bonds is 3. The van der Waals surface area contributed by atoms with Crippen LogP contribution in [0.1, 0.15) is 16.8 Å². The second-order valence-corrected chi connectivity index (χ2v) is 6.78. The van der Waals surface area contributed by atoms with Gasteiger partial charge >= 0.3 is 0 Å². The van der Waals surface area contributed by atoms with Crippen molar-refractivity contribution in [3.05, 3.63) is 59.2 Å². The number of benzene rings is 2. The Morgan fingerprint density at radius 3 is 2.96 bits per heavy atom. The third-order valence-electron chi connectivity index (χ3n) is 4.55. The summed E-state index contributed by atoms with van der Waals surface area (Å²) >= 11 is 6.02. The first-order valence-electron chi connectivity index (χ1n) is 8.43. The number of nitrogens with one attached hydrogen (secondary N) is 1. The van der Waals surface area contributed by atoms with Crippen molar-refractivity contribution >= 4 is 40.0 Å².